The summed E-state index contributed by atoms with van der Waals surface area (Å²) in [6, 6.07) is 9.45. The van der Waals surface area contributed by atoms with Gasteiger partial charge >= 0.3 is 0 Å². The SMILES string of the molecule is CCC1CCN2CC3(CCCc4c3ccc(Cl)c4F)COc3ccc(cc32)C(=O)NSC(C)CC/C=C(\C)C1OCCN(C)SC. The van der Waals surface area contributed by atoms with Crippen molar-refractivity contribution in [3.63, 3.8) is 0 Å². The summed E-state index contributed by atoms with van der Waals surface area (Å²) in [6.07, 6.45) is 10.7. The minimum Gasteiger partial charge on any atom is -0.490 e. The molecule has 1 N–H and O–H groups in total. The maximum Gasteiger partial charge on any atom is 0.261 e. The van der Waals surface area contributed by atoms with Gasteiger partial charge < -0.3 is 14.4 Å². The molecule has 4 unspecified atom stereocenters. The zero-order chi connectivity index (χ0) is 32.8. The topological polar surface area (TPSA) is 54.0 Å². The first-order chi connectivity index (χ1) is 22.2. The highest BCUT2D eigenvalue weighted by molar-refractivity contribution is 7.98. The third kappa shape index (κ3) is 8.03. The van der Waals surface area contributed by atoms with Crippen LogP contribution in [-0.2, 0) is 16.6 Å². The largest absolute Gasteiger partial charge is 0.490 e. The number of benzene rings is 2. The van der Waals surface area contributed by atoms with Crippen LogP contribution in [-0.4, -0.2) is 67.7 Å². The van der Waals surface area contributed by atoms with Crippen LogP contribution in [0.15, 0.2) is 42.0 Å². The molecule has 5 rings (SSSR count). The Morgan fingerprint density at radius 1 is 1.28 bits per heavy atom. The van der Waals surface area contributed by atoms with Crippen molar-refractivity contribution in [1.29, 1.82) is 0 Å². The van der Waals surface area contributed by atoms with Crippen molar-refractivity contribution in [3.05, 3.63) is 69.5 Å². The second-order valence-electron chi connectivity index (χ2n) is 13.1. The predicted molar refractivity (Wildman–Crippen MR) is 192 cm³/mol. The lowest BCUT2D eigenvalue weighted by molar-refractivity contribution is 0.0303. The molecular formula is C36H49ClFN3O3S2. The lowest BCUT2D eigenvalue weighted by Crippen LogP contribution is -2.46. The Balaban J connectivity index is 1.52. The van der Waals surface area contributed by atoms with Crippen molar-refractivity contribution in [1.82, 2.24) is 9.03 Å². The average Bonchev–Trinajstić information content (AvgIpc) is 3.21. The number of hydrogen-bond acceptors (Lipinski definition) is 7. The number of nitrogens with one attached hydrogen (secondary N) is 1. The Morgan fingerprint density at radius 3 is 2.89 bits per heavy atom. The highest BCUT2D eigenvalue weighted by Gasteiger charge is 2.43. The van der Waals surface area contributed by atoms with Gasteiger partial charge in [0.1, 0.15) is 11.6 Å². The van der Waals surface area contributed by atoms with Crippen molar-refractivity contribution in [3.8, 4) is 5.75 Å². The van der Waals surface area contributed by atoms with Crippen LogP contribution in [0.3, 0.4) is 0 Å². The maximum absolute atomic E-state index is 15.4. The molecule has 0 aromatic heterocycles. The molecule has 1 amide bonds. The van der Waals surface area contributed by atoms with Crippen molar-refractivity contribution in [2.75, 3.05) is 51.1 Å². The van der Waals surface area contributed by atoms with E-state index in [9.17, 15) is 4.79 Å². The lowest BCUT2D eigenvalue weighted by Gasteiger charge is -2.41. The third-order valence-electron chi connectivity index (χ3n) is 9.99. The number of halogens is 2. The smallest absolute Gasteiger partial charge is 0.261 e. The van der Waals surface area contributed by atoms with E-state index >= 15 is 4.39 Å². The molecule has 0 fully saturated rings. The first-order valence-corrected chi connectivity index (χ1v) is 19.1. The number of carbonyl (C=O) groups is 1. The van der Waals surface area contributed by atoms with E-state index in [1.54, 1.807) is 18.0 Å². The van der Waals surface area contributed by atoms with E-state index in [-0.39, 0.29) is 28.1 Å². The third-order valence-corrected chi connectivity index (χ3v) is 12.0. The summed E-state index contributed by atoms with van der Waals surface area (Å²) < 4.78 is 33.9. The molecule has 2 aliphatic heterocycles. The van der Waals surface area contributed by atoms with Crippen molar-refractivity contribution < 1.29 is 18.7 Å². The number of rotatable bonds is 6. The van der Waals surface area contributed by atoms with Crippen molar-refractivity contribution >= 4 is 47.1 Å². The quantitative estimate of drug-likeness (QED) is 0.241. The normalized spacial score (nSPS) is 27.0. The Bertz CT molecular complexity index is 1410. The van der Waals surface area contributed by atoms with E-state index in [0.29, 0.717) is 43.2 Å². The fraction of sp³-hybridized carbons (Fsp3) is 0.583. The van der Waals surface area contributed by atoms with Crippen LogP contribution >= 0.6 is 35.5 Å². The molecular weight excluding hydrogens is 641 g/mol. The molecule has 2 aromatic rings. The van der Waals surface area contributed by atoms with Crippen LogP contribution < -0.4 is 14.4 Å². The molecule has 6 nitrogen and oxygen atoms in total. The Labute approximate surface area is 288 Å². The molecule has 4 atom stereocenters. The molecule has 2 heterocycles. The van der Waals surface area contributed by atoms with E-state index < -0.39 is 5.41 Å². The monoisotopic (exact) mass is 689 g/mol. The summed E-state index contributed by atoms with van der Waals surface area (Å²) in [5.74, 6) is 0.654. The van der Waals surface area contributed by atoms with E-state index in [4.69, 9.17) is 21.1 Å². The van der Waals surface area contributed by atoms with E-state index in [2.05, 4.69) is 54.1 Å². The van der Waals surface area contributed by atoms with Gasteiger partial charge in [-0.25, -0.2) is 4.39 Å². The maximum atomic E-state index is 15.4. The minimum atomic E-state index is -0.400. The molecule has 0 radical (unpaired) electrons. The van der Waals surface area contributed by atoms with Gasteiger partial charge in [-0.3, -0.25) is 13.8 Å². The average molecular weight is 690 g/mol. The number of allylic oxidation sites excluding steroid dienone is 1. The molecule has 252 valence electrons. The fourth-order valence-electron chi connectivity index (χ4n) is 7.19. The fourth-order valence-corrected chi connectivity index (χ4v) is 8.30. The van der Waals surface area contributed by atoms with Gasteiger partial charge in [0.25, 0.3) is 5.91 Å². The number of carbonyl (C=O) groups excluding carboxylic acids is 1. The van der Waals surface area contributed by atoms with Crippen LogP contribution in [0.4, 0.5) is 10.1 Å². The van der Waals surface area contributed by atoms with E-state index in [1.165, 1.54) is 17.5 Å². The number of nitrogens with zero attached hydrogens (tertiary/aromatic N) is 2. The zero-order valence-electron chi connectivity index (χ0n) is 27.9. The summed E-state index contributed by atoms with van der Waals surface area (Å²) in [7, 11) is 2.09. The predicted octanol–water partition coefficient (Wildman–Crippen LogP) is 8.47. The summed E-state index contributed by atoms with van der Waals surface area (Å²) in [5, 5.41) is 0.434. The zero-order valence-corrected chi connectivity index (χ0v) is 30.3. The van der Waals surface area contributed by atoms with Crippen LogP contribution in [0, 0.1) is 11.7 Å². The second-order valence-corrected chi connectivity index (χ2v) is 15.7. The second kappa shape index (κ2) is 16.0. The minimum absolute atomic E-state index is 0.0189. The molecule has 1 spiro atoms. The summed E-state index contributed by atoms with van der Waals surface area (Å²) in [5.41, 5.74) is 4.11. The first kappa shape index (κ1) is 35.4. The molecule has 0 saturated heterocycles. The number of likely N-dealkylation sites (N-methyl/N-ethyl adjacent to an activating group) is 1. The standard InChI is InChI=1S/C36H49ClFN3O3S2/c1-6-26-16-18-41-22-36(17-8-11-28-29(36)13-14-30(37)33(28)38)23-44-32-15-12-27(21-31(32)41)35(42)39-46-25(3)10-7-9-24(2)34(26)43-20-19-40(4)45-5/h9,12-15,21,25-26,34H,6-8,10-11,16-20,22-23H2,1-5H3,(H,39,42)/b24-9+. The first-order valence-electron chi connectivity index (χ1n) is 16.6. The van der Waals surface area contributed by atoms with Crippen molar-refractivity contribution in [2.24, 2.45) is 5.92 Å². The molecule has 3 aliphatic rings. The summed E-state index contributed by atoms with van der Waals surface area (Å²) in [4.78, 5) is 15.7. The molecule has 10 heteroatoms. The molecule has 0 saturated carbocycles. The van der Waals surface area contributed by atoms with Gasteiger partial charge in [-0.2, -0.15) is 0 Å². The van der Waals surface area contributed by atoms with E-state index in [1.807, 2.05) is 24.3 Å². The molecule has 1 aliphatic carbocycles. The van der Waals surface area contributed by atoms with Crippen LogP contribution in [0.2, 0.25) is 5.02 Å². The van der Waals surface area contributed by atoms with E-state index in [0.717, 1.165) is 68.6 Å². The molecule has 46 heavy (non-hydrogen) atoms. The van der Waals surface area contributed by atoms with Crippen LogP contribution in [0.25, 0.3) is 0 Å². The lowest BCUT2D eigenvalue weighted by atomic mass is 9.70. The van der Waals surface area contributed by atoms with Gasteiger partial charge in [0.15, 0.2) is 0 Å². The van der Waals surface area contributed by atoms with Gasteiger partial charge in [0, 0.05) is 35.9 Å². The number of amides is 1. The number of hydrogen-bond donors (Lipinski definition) is 1. The van der Waals surface area contributed by atoms with Gasteiger partial charge in [-0.1, -0.05) is 56.0 Å². The Morgan fingerprint density at radius 2 is 2.11 bits per heavy atom. The number of ether oxygens (including phenoxy) is 2. The summed E-state index contributed by atoms with van der Waals surface area (Å²) >= 11 is 9.45. The van der Waals surface area contributed by atoms with Gasteiger partial charge in [-0.15, -0.1) is 0 Å². The Kier molecular flexibility index (Phi) is 12.3. The summed E-state index contributed by atoms with van der Waals surface area (Å²) in [6.45, 7) is 10.0. The molecule has 2 aromatic carbocycles. The van der Waals surface area contributed by atoms with Crippen LogP contribution in [0.1, 0.15) is 80.8 Å². The highest BCUT2D eigenvalue weighted by atomic mass is 35.5. The van der Waals surface area contributed by atoms with Crippen LogP contribution in [0.5, 0.6) is 5.75 Å². The van der Waals surface area contributed by atoms with Crippen molar-refractivity contribution in [2.45, 2.75) is 82.5 Å². The van der Waals surface area contributed by atoms with Gasteiger partial charge in [-0.05, 0) is 118 Å². The number of fused-ring (bicyclic) bond motifs is 3. The number of anilines is 1. The molecule has 2 bridgehead atoms. The van der Waals surface area contributed by atoms with Gasteiger partial charge in [0.2, 0.25) is 0 Å². The Hall–Kier alpha value is -1.91. The van der Waals surface area contributed by atoms with Gasteiger partial charge in [0.05, 0.1) is 30.0 Å². The highest BCUT2D eigenvalue weighted by Crippen LogP contribution is 2.45.